The molecule has 0 aliphatic rings. The van der Waals surface area contributed by atoms with Crippen LogP contribution < -0.4 is 5.32 Å². The molecule has 0 atom stereocenters. The number of rotatable bonds is 6. The van der Waals surface area contributed by atoms with Crippen molar-refractivity contribution >= 4 is 29.2 Å². The van der Waals surface area contributed by atoms with E-state index in [2.05, 4.69) is 15.5 Å². The maximum atomic E-state index is 12.7. The van der Waals surface area contributed by atoms with E-state index in [1.807, 2.05) is 13.0 Å². The van der Waals surface area contributed by atoms with Crippen LogP contribution in [0.25, 0.3) is 5.69 Å². The quantitative estimate of drug-likeness (QED) is 0.622. The van der Waals surface area contributed by atoms with Gasteiger partial charge in [-0.2, -0.15) is 15.5 Å². The largest absolute Gasteiger partial charge is 0.461 e. The average Bonchev–Trinajstić information content (AvgIpc) is 3.29. The molecule has 0 unspecified atom stereocenters. The van der Waals surface area contributed by atoms with E-state index in [9.17, 15) is 14.9 Å². The molecule has 1 amide bonds. The van der Waals surface area contributed by atoms with Crippen LogP contribution in [0.15, 0.2) is 36.5 Å². The Morgan fingerprint density at radius 1 is 1.21 bits per heavy atom. The van der Waals surface area contributed by atoms with E-state index in [0.29, 0.717) is 12.2 Å². The molecule has 0 radical (unpaired) electrons. The zero-order valence-electron chi connectivity index (χ0n) is 15.7. The maximum absolute atomic E-state index is 12.7. The van der Waals surface area contributed by atoms with Gasteiger partial charge in [0.2, 0.25) is 0 Å². The molecule has 9 nitrogen and oxygen atoms in total. The van der Waals surface area contributed by atoms with Crippen LogP contribution in [-0.4, -0.2) is 38.0 Å². The van der Waals surface area contributed by atoms with Gasteiger partial charge in [0, 0.05) is 12.7 Å². The first-order valence-corrected chi connectivity index (χ1v) is 9.17. The molecular weight excluding hydrogens is 396 g/mol. The number of esters is 1. The Morgan fingerprint density at radius 2 is 1.93 bits per heavy atom. The highest BCUT2D eigenvalue weighted by Crippen LogP contribution is 2.26. The molecule has 3 rings (SSSR count). The number of nitrogens with zero attached hydrogens (tertiary/aromatic N) is 5. The lowest BCUT2D eigenvalue weighted by Crippen LogP contribution is -2.17. The van der Waals surface area contributed by atoms with E-state index in [-0.39, 0.29) is 34.4 Å². The van der Waals surface area contributed by atoms with E-state index in [1.54, 1.807) is 37.3 Å². The van der Waals surface area contributed by atoms with E-state index in [4.69, 9.17) is 16.3 Å². The van der Waals surface area contributed by atoms with Gasteiger partial charge in [-0.15, -0.1) is 0 Å². The van der Waals surface area contributed by atoms with Crippen molar-refractivity contribution in [2.24, 2.45) is 0 Å². The monoisotopic (exact) mass is 412 g/mol. The van der Waals surface area contributed by atoms with Crippen molar-refractivity contribution in [1.82, 2.24) is 19.6 Å². The van der Waals surface area contributed by atoms with Crippen LogP contribution >= 0.6 is 11.6 Å². The van der Waals surface area contributed by atoms with Gasteiger partial charge < -0.3 is 10.1 Å². The first-order chi connectivity index (χ1) is 14.0. The maximum Gasteiger partial charge on any atom is 0.361 e. The minimum absolute atomic E-state index is 0.0281. The summed E-state index contributed by atoms with van der Waals surface area (Å²) in [5, 5.41) is 20.7. The average molecular weight is 413 g/mol. The summed E-state index contributed by atoms with van der Waals surface area (Å²) >= 11 is 6.09. The van der Waals surface area contributed by atoms with Crippen LogP contribution in [0.2, 0.25) is 5.02 Å². The van der Waals surface area contributed by atoms with Crippen LogP contribution in [0.3, 0.4) is 0 Å². The fourth-order valence-electron chi connectivity index (χ4n) is 2.62. The number of carbonyl (C=O) groups is 2. The molecule has 0 fully saturated rings. The second-order valence-corrected chi connectivity index (χ2v) is 6.19. The van der Waals surface area contributed by atoms with Crippen molar-refractivity contribution in [3.05, 3.63) is 58.6 Å². The van der Waals surface area contributed by atoms with Crippen LogP contribution in [0.1, 0.15) is 40.5 Å². The minimum Gasteiger partial charge on any atom is -0.461 e. The summed E-state index contributed by atoms with van der Waals surface area (Å²) in [7, 11) is 0. The number of hydrogen-bond donors (Lipinski definition) is 1. The Hall–Kier alpha value is -3.64. The highest BCUT2D eigenvalue weighted by atomic mass is 35.5. The highest BCUT2D eigenvalue weighted by molar-refractivity contribution is 6.34. The van der Waals surface area contributed by atoms with E-state index in [1.165, 1.54) is 15.6 Å². The number of amides is 1. The van der Waals surface area contributed by atoms with Gasteiger partial charge in [-0.1, -0.05) is 29.8 Å². The molecule has 1 aromatic carbocycles. The molecule has 0 aliphatic heterocycles. The van der Waals surface area contributed by atoms with Crippen LogP contribution in [0.5, 0.6) is 0 Å². The molecule has 2 heterocycles. The molecule has 0 saturated heterocycles. The first-order valence-electron chi connectivity index (χ1n) is 8.80. The predicted molar refractivity (Wildman–Crippen MR) is 105 cm³/mol. The predicted octanol–water partition coefficient (Wildman–Crippen LogP) is 3.04. The molecule has 10 heteroatoms. The summed E-state index contributed by atoms with van der Waals surface area (Å²) in [4.78, 5) is 25.1. The molecule has 3 aromatic rings. The number of ether oxygens (including phenoxy) is 1. The topological polar surface area (TPSA) is 115 Å². The fourth-order valence-corrected chi connectivity index (χ4v) is 2.86. The summed E-state index contributed by atoms with van der Waals surface area (Å²) in [6.07, 6.45) is 1.52. The smallest absolute Gasteiger partial charge is 0.361 e. The third-order valence-electron chi connectivity index (χ3n) is 3.96. The molecule has 148 valence electrons. The van der Waals surface area contributed by atoms with Gasteiger partial charge in [-0.3, -0.25) is 9.48 Å². The summed E-state index contributed by atoms with van der Waals surface area (Å²) < 4.78 is 7.80. The third-order valence-corrected chi connectivity index (χ3v) is 4.23. The van der Waals surface area contributed by atoms with Gasteiger partial charge in [0.15, 0.2) is 17.1 Å². The van der Waals surface area contributed by atoms with Crippen molar-refractivity contribution in [2.75, 3.05) is 11.9 Å². The molecule has 0 saturated carbocycles. The lowest BCUT2D eigenvalue weighted by atomic mass is 10.2. The molecule has 0 bridgehead atoms. The number of aryl methyl sites for hydroxylation is 1. The van der Waals surface area contributed by atoms with Gasteiger partial charge in [-0.05, 0) is 26.0 Å². The van der Waals surface area contributed by atoms with Gasteiger partial charge in [0.25, 0.3) is 5.91 Å². The highest BCUT2D eigenvalue weighted by Gasteiger charge is 2.28. The van der Waals surface area contributed by atoms with Gasteiger partial charge in [0.1, 0.15) is 11.8 Å². The number of benzene rings is 1. The normalized spacial score (nSPS) is 10.4. The SMILES string of the molecule is CCOC(=O)c1nn(-c2ccccc2)c(C#N)c1NC(=O)c1nn(CC)cc1Cl. The lowest BCUT2D eigenvalue weighted by molar-refractivity contribution is 0.0520. The Morgan fingerprint density at radius 3 is 2.52 bits per heavy atom. The standard InChI is InChI=1S/C19H17ClN6O3/c1-3-25-11-13(20)15(23-25)18(27)22-16-14(10-21)26(12-8-6-5-7-9-12)24-17(16)19(28)29-4-2/h5-9,11H,3-4H2,1-2H3,(H,22,27). The number of hydrogen-bond acceptors (Lipinski definition) is 6. The molecule has 0 aliphatic carbocycles. The molecule has 29 heavy (non-hydrogen) atoms. The Bertz CT molecular complexity index is 1100. The molecular formula is C19H17ClN6O3. The zero-order valence-corrected chi connectivity index (χ0v) is 16.5. The summed E-state index contributed by atoms with van der Waals surface area (Å²) in [6, 6.07) is 10.7. The van der Waals surface area contributed by atoms with E-state index < -0.39 is 11.9 Å². The molecule has 0 spiro atoms. The minimum atomic E-state index is -0.765. The number of carbonyl (C=O) groups excluding carboxylic acids is 2. The van der Waals surface area contributed by atoms with Gasteiger partial charge in [-0.25, -0.2) is 9.48 Å². The zero-order chi connectivity index (χ0) is 21.0. The van der Waals surface area contributed by atoms with Crippen LogP contribution in [0.4, 0.5) is 5.69 Å². The lowest BCUT2D eigenvalue weighted by Gasteiger charge is -2.05. The van der Waals surface area contributed by atoms with Crippen molar-refractivity contribution in [3.63, 3.8) is 0 Å². The van der Waals surface area contributed by atoms with E-state index >= 15 is 0 Å². The second kappa shape index (κ2) is 8.58. The van der Waals surface area contributed by atoms with Crippen molar-refractivity contribution in [1.29, 1.82) is 5.26 Å². The summed E-state index contributed by atoms with van der Waals surface area (Å²) in [5.41, 5.74) is 0.232. The van der Waals surface area contributed by atoms with Crippen LogP contribution in [-0.2, 0) is 11.3 Å². The summed E-state index contributed by atoms with van der Waals surface area (Å²) in [6.45, 7) is 4.13. The number of nitriles is 1. The van der Waals surface area contributed by atoms with Crippen molar-refractivity contribution < 1.29 is 14.3 Å². The van der Waals surface area contributed by atoms with Gasteiger partial charge in [0.05, 0.1) is 17.3 Å². The summed E-state index contributed by atoms with van der Waals surface area (Å²) in [5.74, 6) is -1.43. The Labute approximate surface area is 171 Å². The van der Waals surface area contributed by atoms with Crippen molar-refractivity contribution in [2.45, 2.75) is 20.4 Å². The Kier molecular flexibility index (Phi) is 5.95. The van der Waals surface area contributed by atoms with E-state index in [0.717, 1.165) is 0 Å². The van der Waals surface area contributed by atoms with Gasteiger partial charge >= 0.3 is 5.97 Å². The van der Waals surface area contributed by atoms with Crippen molar-refractivity contribution in [3.8, 4) is 11.8 Å². The third kappa shape index (κ3) is 3.97. The number of anilines is 1. The number of aromatic nitrogens is 4. The molecule has 2 aromatic heterocycles. The molecule has 1 N–H and O–H groups in total. The first kappa shape index (κ1) is 20.1. The fraction of sp³-hybridized carbons (Fsp3) is 0.211. The number of nitrogens with one attached hydrogen (secondary N) is 1. The Balaban J connectivity index is 2.09. The number of para-hydroxylation sites is 1. The second-order valence-electron chi connectivity index (χ2n) is 5.79. The van der Waals surface area contributed by atoms with Crippen LogP contribution in [0, 0.1) is 11.3 Å². The number of halogens is 1.